The summed E-state index contributed by atoms with van der Waals surface area (Å²) in [5.74, 6) is 2.49. The third-order valence-electron chi connectivity index (χ3n) is 3.49. The van der Waals surface area contributed by atoms with Gasteiger partial charge in [0.15, 0.2) is 0 Å². The number of benzene rings is 2. The van der Waals surface area contributed by atoms with Gasteiger partial charge in [-0.3, -0.25) is 0 Å². The van der Waals surface area contributed by atoms with Crippen LogP contribution in [0, 0.1) is 6.92 Å². The van der Waals surface area contributed by atoms with Gasteiger partial charge < -0.3 is 10.5 Å². The van der Waals surface area contributed by atoms with E-state index in [-0.39, 0.29) is 0 Å². The van der Waals surface area contributed by atoms with Gasteiger partial charge >= 0.3 is 0 Å². The van der Waals surface area contributed by atoms with Crippen LogP contribution >= 0.6 is 11.8 Å². The van der Waals surface area contributed by atoms with Crippen LogP contribution in [0.2, 0.25) is 0 Å². The predicted molar refractivity (Wildman–Crippen MR) is 81.0 cm³/mol. The molecule has 2 N–H and O–H groups in total. The van der Waals surface area contributed by atoms with Crippen molar-refractivity contribution in [1.29, 1.82) is 0 Å². The predicted octanol–water partition coefficient (Wildman–Crippen LogP) is 3.85. The van der Waals surface area contributed by atoms with Crippen LogP contribution in [0.5, 0.6) is 5.75 Å². The molecule has 1 aliphatic heterocycles. The molecule has 0 fully saturated rings. The summed E-state index contributed by atoms with van der Waals surface area (Å²) in [4.78, 5) is 1.39. The highest BCUT2D eigenvalue weighted by molar-refractivity contribution is 7.99. The fraction of sp³-hybridized carbons (Fsp3) is 0.250. The van der Waals surface area contributed by atoms with Gasteiger partial charge in [-0.25, -0.2) is 0 Å². The van der Waals surface area contributed by atoms with Crippen molar-refractivity contribution < 1.29 is 4.74 Å². The number of nitrogens with two attached hydrogens (primary N) is 1. The van der Waals surface area contributed by atoms with Crippen molar-refractivity contribution in [2.75, 3.05) is 18.1 Å². The van der Waals surface area contributed by atoms with Crippen LogP contribution in [-0.2, 0) is 0 Å². The quantitative estimate of drug-likeness (QED) is 0.861. The van der Waals surface area contributed by atoms with Crippen LogP contribution in [0.1, 0.15) is 17.0 Å². The number of nitrogen functional groups attached to an aromatic ring is 1. The van der Waals surface area contributed by atoms with Gasteiger partial charge in [0, 0.05) is 22.3 Å². The highest BCUT2D eigenvalue weighted by Crippen LogP contribution is 2.39. The Labute approximate surface area is 118 Å². The van der Waals surface area contributed by atoms with Crippen LogP contribution in [0.3, 0.4) is 0 Å². The summed E-state index contributed by atoms with van der Waals surface area (Å²) in [5.41, 5.74) is 9.11. The van der Waals surface area contributed by atoms with E-state index in [0.29, 0.717) is 5.92 Å². The number of anilines is 1. The molecule has 3 rings (SSSR count). The number of fused-ring (bicyclic) bond motifs is 1. The Morgan fingerprint density at radius 1 is 1.26 bits per heavy atom. The van der Waals surface area contributed by atoms with Gasteiger partial charge in [-0.2, -0.15) is 0 Å². The summed E-state index contributed by atoms with van der Waals surface area (Å²) in [5, 5.41) is 0. The number of hydrogen-bond donors (Lipinski definition) is 1. The maximum Gasteiger partial charge on any atom is 0.119 e. The maximum atomic E-state index is 5.91. The van der Waals surface area contributed by atoms with E-state index < -0.39 is 0 Å². The molecule has 1 aliphatic rings. The molecule has 2 aromatic carbocycles. The molecule has 2 aromatic rings. The monoisotopic (exact) mass is 271 g/mol. The molecule has 0 saturated heterocycles. The van der Waals surface area contributed by atoms with Crippen LogP contribution < -0.4 is 10.5 Å². The minimum atomic E-state index is 0.485. The Balaban J connectivity index is 1.69. The van der Waals surface area contributed by atoms with E-state index >= 15 is 0 Å². The number of ether oxygens (including phenoxy) is 1. The Morgan fingerprint density at radius 2 is 2.11 bits per heavy atom. The van der Waals surface area contributed by atoms with Crippen molar-refractivity contribution in [2.24, 2.45) is 0 Å². The van der Waals surface area contributed by atoms with Crippen LogP contribution in [-0.4, -0.2) is 12.4 Å². The molecule has 98 valence electrons. The fourth-order valence-corrected chi connectivity index (χ4v) is 3.53. The lowest BCUT2D eigenvalue weighted by atomic mass is 10.0. The van der Waals surface area contributed by atoms with Gasteiger partial charge in [-0.15, -0.1) is 11.8 Å². The molecular formula is C16H17NOS. The summed E-state index contributed by atoms with van der Waals surface area (Å²) in [6, 6.07) is 14.4. The molecular weight excluding hydrogens is 254 g/mol. The summed E-state index contributed by atoms with van der Waals surface area (Å²) in [7, 11) is 0. The van der Waals surface area contributed by atoms with Gasteiger partial charge in [0.2, 0.25) is 0 Å². The van der Waals surface area contributed by atoms with E-state index in [9.17, 15) is 0 Å². The van der Waals surface area contributed by atoms with Crippen molar-refractivity contribution >= 4 is 17.4 Å². The summed E-state index contributed by atoms with van der Waals surface area (Å²) in [6.07, 6.45) is 0. The number of rotatable bonds is 3. The van der Waals surface area contributed by atoms with Crippen molar-refractivity contribution in [1.82, 2.24) is 0 Å². The lowest BCUT2D eigenvalue weighted by molar-refractivity contribution is 0.298. The van der Waals surface area contributed by atoms with E-state index in [2.05, 4.69) is 24.3 Å². The molecule has 0 aromatic heterocycles. The molecule has 19 heavy (non-hydrogen) atoms. The Hall–Kier alpha value is -1.61. The van der Waals surface area contributed by atoms with Gasteiger partial charge in [0.25, 0.3) is 0 Å². The topological polar surface area (TPSA) is 35.2 Å². The number of thioether (sulfide) groups is 1. The first-order valence-corrected chi connectivity index (χ1v) is 7.43. The van der Waals surface area contributed by atoms with Crippen molar-refractivity contribution in [3.05, 3.63) is 53.6 Å². The van der Waals surface area contributed by atoms with Crippen LogP contribution in [0.25, 0.3) is 0 Å². The van der Waals surface area contributed by atoms with Crippen molar-refractivity contribution in [3.8, 4) is 5.75 Å². The van der Waals surface area contributed by atoms with Gasteiger partial charge in [0.1, 0.15) is 5.75 Å². The Morgan fingerprint density at radius 3 is 2.95 bits per heavy atom. The van der Waals surface area contributed by atoms with Crippen LogP contribution in [0.4, 0.5) is 5.69 Å². The summed E-state index contributed by atoms with van der Waals surface area (Å²) in [6.45, 7) is 2.73. The molecule has 0 amide bonds. The molecule has 0 saturated carbocycles. The number of hydrogen-bond acceptors (Lipinski definition) is 3. The average Bonchev–Trinajstić information content (AvgIpc) is 2.83. The third kappa shape index (κ3) is 2.56. The lowest BCUT2D eigenvalue weighted by Crippen LogP contribution is -2.09. The normalized spacial score (nSPS) is 17.2. The van der Waals surface area contributed by atoms with Gasteiger partial charge in [-0.1, -0.05) is 18.2 Å². The Bertz CT molecular complexity index is 597. The van der Waals surface area contributed by atoms with E-state index in [0.717, 1.165) is 29.4 Å². The van der Waals surface area contributed by atoms with Crippen LogP contribution in [0.15, 0.2) is 47.4 Å². The first kappa shape index (κ1) is 12.4. The third-order valence-corrected chi connectivity index (χ3v) is 4.74. The molecule has 1 unspecified atom stereocenters. The second kappa shape index (κ2) is 5.17. The maximum absolute atomic E-state index is 5.91. The molecule has 3 heteroatoms. The first-order chi connectivity index (χ1) is 9.24. The molecule has 1 heterocycles. The molecule has 2 nitrogen and oxygen atoms in total. The van der Waals surface area contributed by atoms with E-state index in [4.69, 9.17) is 10.5 Å². The molecule has 0 spiro atoms. The van der Waals surface area contributed by atoms with Gasteiger partial charge in [0.05, 0.1) is 6.61 Å². The van der Waals surface area contributed by atoms with E-state index in [1.165, 1.54) is 10.5 Å². The highest BCUT2D eigenvalue weighted by Gasteiger charge is 2.23. The summed E-state index contributed by atoms with van der Waals surface area (Å²) >= 11 is 1.92. The SMILES string of the molecule is Cc1cc(OCC2CSc3ccccc32)ccc1N. The van der Waals surface area contributed by atoms with Crippen molar-refractivity contribution in [3.63, 3.8) is 0 Å². The summed E-state index contributed by atoms with van der Waals surface area (Å²) < 4.78 is 5.91. The average molecular weight is 271 g/mol. The molecule has 0 aliphatic carbocycles. The largest absolute Gasteiger partial charge is 0.493 e. The lowest BCUT2D eigenvalue weighted by Gasteiger charge is -2.13. The zero-order chi connectivity index (χ0) is 13.2. The second-order valence-electron chi connectivity index (χ2n) is 4.88. The number of aryl methyl sites for hydroxylation is 1. The first-order valence-electron chi connectivity index (χ1n) is 6.44. The van der Waals surface area contributed by atoms with E-state index in [1.54, 1.807) is 0 Å². The standard InChI is InChI=1S/C16H17NOS/c1-11-8-13(6-7-15(11)17)18-9-12-10-19-16-5-3-2-4-14(12)16/h2-8,12H,9-10,17H2,1H3. The fourth-order valence-electron chi connectivity index (χ4n) is 2.30. The Kier molecular flexibility index (Phi) is 3.38. The molecule has 0 radical (unpaired) electrons. The minimum absolute atomic E-state index is 0.485. The minimum Gasteiger partial charge on any atom is -0.493 e. The highest BCUT2D eigenvalue weighted by atomic mass is 32.2. The van der Waals surface area contributed by atoms with Crippen molar-refractivity contribution in [2.45, 2.75) is 17.7 Å². The van der Waals surface area contributed by atoms with E-state index in [1.807, 2.05) is 36.9 Å². The molecule has 1 atom stereocenters. The van der Waals surface area contributed by atoms with Gasteiger partial charge in [-0.05, 0) is 42.3 Å². The smallest absolute Gasteiger partial charge is 0.119 e. The second-order valence-corrected chi connectivity index (χ2v) is 5.94. The molecule has 0 bridgehead atoms. The zero-order valence-electron chi connectivity index (χ0n) is 10.9. The zero-order valence-corrected chi connectivity index (χ0v) is 11.7.